The van der Waals surface area contributed by atoms with Crippen LogP contribution in [0.15, 0.2) is 38.6 Å². The first-order valence-corrected chi connectivity index (χ1v) is 6.73. The molecule has 0 atom stereocenters. The molecular formula is C12H11BrN2O3S. The number of hydrogen-bond acceptors (Lipinski definition) is 4. The van der Waals surface area contributed by atoms with Crippen molar-refractivity contribution in [1.82, 2.24) is 0 Å². The quantitative estimate of drug-likeness (QED) is 0.764. The molecule has 0 unspecified atom stereocenters. The number of carboxylic acids is 1. The Bertz CT molecular complexity index is 566. The van der Waals surface area contributed by atoms with Gasteiger partial charge < -0.3 is 10.8 Å². The Balaban J connectivity index is 0.000000399. The number of halogens is 1. The van der Waals surface area contributed by atoms with Crippen LogP contribution >= 0.6 is 27.7 Å². The van der Waals surface area contributed by atoms with E-state index in [1.165, 1.54) is 11.8 Å². The van der Waals surface area contributed by atoms with Crippen LogP contribution in [0.1, 0.15) is 12.5 Å². The highest BCUT2D eigenvalue weighted by Gasteiger charge is 2.19. The van der Waals surface area contributed by atoms with E-state index in [2.05, 4.69) is 20.9 Å². The minimum atomic E-state index is -0.833. The fraction of sp³-hybridized carbons (Fsp3) is 0.0833. The zero-order valence-corrected chi connectivity index (χ0v) is 12.4. The maximum atomic E-state index is 11.3. The molecule has 0 fully saturated rings. The monoisotopic (exact) mass is 342 g/mol. The Hall–Kier alpha value is -1.60. The number of carboxylic acid groups (broad SMARTS) is 1. The molecule has 1 aromatic rings. The van der Waals surface area contributed by atoms with E-state index in [1.807, 2.05) is 24.3 Å². The van der Waals surface area contributed by atoms with Crippen molar-refractivity contribution in [1.29, 1.82) is 0 Å². The molecule has 1 aromatic carbocycles. The first-order chi connectivity index (χ1) is 8.90. The summed E-state index contributed by atoms with van der Waals surface area (Å²) in [6, 6.07) is 7.66. The molecule has 0 saturated carbocycles. The molecule has 1 aliphatic rings. The van der Waals surface area contributed by atoms with Crippen LogP contribution in [0, 0.1) is 0 Å². The van der Waals surface area contributed by atoms with Crippen LogP contribution in [0.3, 0.4) is 0 Å². The number of thioether (sulfide) groups is 1. The molecular weight excluding hydrogens is 332 g/mol. The van der Waals surface area contributed by atoms with E-state index in [0.717, 1.165) is 17.0 Å². The average Bonchev–Trinajstić information content (AvgIpc) is 2.60. The van der Waals surface area contributed by atoms with Crippen molar-refractivity contribution in [2.24, 2.45) is 10.7 Å². The Labute approximate surface area is 122 Å². The molecule has 0 radical (unpaired) electrons. The summed E-state index contributed by atoms with van der Waals surface area (Å²) in [4.78, 5) is 24.5. The smallest absolute Gasteiger partial charge is 0.300 e. The van der Waals surface area contributed by atoms with Crippen LogP contribution in [0.4, 0.5) is 0 Å². The van der Waals surface area contributed by atoms with Crippen LogP contribution in [-0.2, 0) is 9.59 Å². The van der Waals surface area contributed by atoms with E-state index in [9.17, 15) is 4.79 Å². The summed E-state index contributed by atoms with van der Waals surface area (Å²) in [5.74, 6) is -1.10. The maximum absolute atomic E-state index is 11.3. The molecule has 0 aliphatic carbocycles. The van der Waals surface area contributed by atoms with Crippen LogP contribution in [0.25, 0.3) is 6.08 Å². The Morgan fingerprint density at radius 2 is 2.05 bits per heavy atom. The summed E-state index contributed by atoms with van der Waals surface area (Å²) < 4.78 is 0.941. The van der Waals surface area contributed by atoms with E-state index in [4.69, 9.17) is 15.6 Å². The zero-order chi connectivity index (χ0) is 14.4. The Morgan fingerprint density at radius 1 is 1.47 bits per heavy atom. The van der Waals surface area contributed by atoms with Crippen LogP contribution < -0.4 is 5.73 Å². The van der Waals surface area contributed by atoms with Gasteiger partial charge in [0.15, 0.2) is 5.17 Å². The van der Waals surface area contributed by atoms with E-state index in [0.29, 0.717) is 10.1 Å². The van der Waals surface area contributed by atoms with Gasteiger partial charge in [0.05, 0.1) is 4.91 Å². The molecule has 1 heterocycles. The van der Waals surface area contributed by atoms with Crippen LogP contribution in [0.5, 0.6) is 0 Å². The molecule has 3 N–H and O–H groups in total. The van der Waals surface area contributed by atoms with Crippen LogP contribution in [0.2, 0.25) is 0 Å². The molecule has 0 spiro atoms. The third-order valence-corrected chi connectivity index (χ3v) is 3.36. The lowest BCUT2D eigenvalue weighted by Crippen LogP contribution is -2.01. The van der Waals surface area contributed by atoms with Gasteiger partial charge >= 0.3 is 0 Å². The van der Waals surface area contributed by atoms with Crippen molar-refractivity contribution in [3.8, 4) is 0 Å². The molecule has 19 heavy (non-hydrogen) atoms. The number of carbonyl (C=O) groups is 2. The number of nitrogens with zero attached hydrogens (tertiary/aromatic N) is 1. The topological polar surface area (TPSA) is 92.8 Å². The van der Waals surface area contributed by atoms with Crippen molar-refractivity contribution >= 4 is 50.8 Å². The van der Waals surface area contributed by atoms with Gasteiger partial charge in [-0.25, -0.2) is 0 Å². The van der Waals surface area contributed by atoms with Gasteiger partial charge in [-0.2, -0.15) is 4.99 Å². The Kier molecular flexibility index (Phi) is 5.78. The molecule has 0 saturated heterocycles. The first kappa shape index (κ1) is 15.5. The zero-order valence-electron chi connectivity index (χ0n) is 9.96. The number of carbonyl (C=O) groups excluding carboxylic acids is 1. The number of aliphatic carboxylic acids is 1. The number of hydrogen-bond donors (Lipinski definition) is 2. The molecule has 5 nitrogen and oxygen atoms in total. The van der Waals surface area contributed by atoms with Crippen molar-refractivity contribution < 1.29 is 14.7 Å². The predicted molar refractivity (Wildman–Crippen MR) is 79.6 cm³/mol. The first-order valence-electron chi connectivity index (χ1n) is 5.12. The fourth-order valence-electron chi connectivity index (χ4n) is 1.16. The van der Waals surface area contributed by atoms with Crippen molar-refractivity contribution in [2.75, 3.05) is 0 Å². The second kappa shape index (κ2) is 7.10. The standard InChI is InChI=1S/C10H7BrN2OS.C2H4O2/c11-7-4-2-1-3-6(7)5-8-9(14)13-10(12)15-8;1-2(3)4/h1-5H,(H2,12,13,14);1H3,(H,3,4)/b8-5+;. The van der Waals surface area contributed by atoms with Gasteiger partial charge in [-0.15, -0.1) is 0 Å². The summed E-state index contributed by atoms with van der Waals surface area (Å²) in [5.41, 5.74) is 6.39. The third kappa shape index (κ3) is 5.27. The van der Waals surface area contributed by atoms with E-state index in [1.54, 1.807) is 6.08 Å². The van der Waals surface area contributed by atoms with Crippen molar-refractivity contribution in [3.63, 3.8) is 0 Å². The molecule has 1 amide bonds. The lowest BCUT2D eigenvalue weighted by Gasteiger charge is -1.98. The number of rotatable bonds is 1. The van der Waals surface area contributed by atoms with Gasteiger partial charge in [0, 0.05) is 11.4 Å². The second-order valence-corrected chi connectivity index (χ2v) is 5.32. The number of amidine groups is 1. The molecule has 0 bridgehead atoms. The van der Waals surface area contributed by atoms with Gasteiger partial charge in [0.2, 0.25) is 0 Å². The van der Waals surface area contributed by atoms with Crippen molar-refractivity contribution in [3.05, 3.63) is 39.2 Å². The lowest BCUT2D eigenvalue weighted by molar-refractivity contribution is -0.134. The number of amides is 1. The molecule has 1 aliphatic heterocycles. The lowest BCUT2D eigenvalue weighted by atomic mass is 10.2. The van der Waals surface area contributed by atoms with Gasteiger partial charge in [-0.3, -0.25) is 9.59 Å². The largest absolute Gasteiger partial charge is 0.481 e. The molecule has 7 heteroatoms. The molecule has 2 rings (SSSR count). The highest BCUT2D eigenvalue weighted by Crippen LogP contribution is 2.28. The number of benzene rings is 1. The summed E-state index contributed by atoms with van der Waals surface area (Å²) in [6.45, 7) is 1.08. The third-order valence-electron chi connectivity index (χ3n) is 1.83. The van der Waals surface area contributed by atoms with E-state index < -0.39 is 5.97 Å². The highest BCUT2D eigenvalue weighted by molar-refractivity contribution is 9.10. The minimum Gasteiger partial charge on any atom is -0.481 e. The predicted octanol–water partition coefficient (Wildman–Crippen LogP) is 2.47. The normalized spacial score (nSPS) is 15.8. The average molecular weight is 343 g/mol. The second-order valence-electron chi connectivity index (χ2n) is 3.41. The van der Waals surface area contributed by atoms with Gasteiger partial charge in [0.1, 0.15) is 0 Å². The summed E-state index contributed by atoms with van der Waals surface area (Å²) >= 11 is 4.60. The van der Waals surface area contributed by atoms with Gasteiger partial charge in [0.25, 0.3) is 11.9 Å². The van der Waals surface area contributed by atoms with Gasteiger partial charge in [-0.1, -0.05) is 34.1 Å². The van der Waals surface area contributed by atoms with Gasteiger partial charge in [-0.05, 0) is 29.5 Å². The van der Waals surface area contributed by atoms with E-state index >= 15 is 0 Å². The minimum absolute atomic E-state index is 0.270. The molecule has 100 valence electrons. The van der Waals surface area contributed by atoms with Crippen molar-refractivity contribution in [2.45, 2.75) is 6.92 Å². The Morgan fingerprint density at radius 3 is 2.53 bits per heavy atom. The highest BCUT2D eigenvalue weighted by atomic mass is 79.9. The summed E-state index contributed by atoms with van der Waals surface area (Å²) in [6.07, 6.45) is 1.78. The number of aliphatic imine (C=N–C) groups is 1. The van der Waals surface area contributed by atoms with E-state index in [-0.39, 0.29) is 5.91 Å². The summed E-state index contributed by atoms with van der Waals surface area (Å²) in [5, 5.41) is 7.72. The maximum Gasteiger partial charge on any atom is 0.300 e. The fourth-order valence-corrected chi connectivity index (χ4v) is 2.23. The number of nitrogens with two attached hydrogens (primary N) is 1. The van der Waals surface area contributed by atoms with Crippen LogP contribution in [-0.4, -0.2) is 22.2 Å². The molecule has 0 aromatic heterocycles. The SMILES string of the molecule is CC(=O)O.NC1=NC(=O)/C(=C\c2ccccc2Br)S1. The summed E-state index contributed by atoms with van der Waals surface area (Å²) in [7, 11) is 0.